The number of nitrogens with zero attached hydrogens (tertiary/aromatic N) is 3. The first-order valence-electron chi connectivity index (χ1n) is 12.5. The van der Waals surface area contributed by atoms with Gasteiger partial charge in [0.25, 0.3) is 0 Å². The summed E-state index contributed by atoms with van der Waals surface area (Å²) >= 11 is 0. The maximum absolute atomic E-state index is 13.0. The zero-order chi connectivity index (χ0) is 25.4. The first-order chi connectivity index (χ1) is 17.3. The number of aromatic nitrogens is 3. The van der Waals surface area contributed by atoms with E-state index in [1.165, 1.54) is 6.08 Å². The lowest BCUT2D eigenvalue weighted by Crippen LogP contribution is -2.55. The number of esters is 2. The molecule has 0 spiro atoms. The van der Waals surface area contributed by atoms with E-state index in [9.17, 15) is 24.0 Å². The summed E-state index contributed by atoms with van der Waals surface area (Å²) in [6, 6.07) is 0. The number of allylic oxidation sites excluding steroid dienone is 1. The van der Waals surface area contributed by atoms with Crippen LogP contribution in [0.2, 0.25) is 0 Å². The molecule has 36 heavy (non-hydrogen) atoms. The van der Waals surface area contributed by atoms with Crippen LogP contribution in [0.1, 0.15) is 38.5 Å². The number of hydrogen-bond acceptors (Lipinski definition) is 9. The van der Waals surface area contributed by atoms with E-state index in [0.29, 0.717) is 21.3 Å². The molecule has 2 aliphatic heterocycles. The Balaban J connectivity index is 1.25. The van der Waals surface area contributed by atoms with Crippen LogP contribution < -0.4 is 17.1 Å². The van der Waals surface area contributed by atoms with Crippen molar-refractivity contribution in [2.24, 2.45) is 11.8 Å². The van der Waals surface area contributed by atoms with Crippen molar-refractivity contribution in [1.29, 1.82) is 0 Å². The Morgan fingerprint density at radius 1 is 0.750 bits per heavy atom. The summed E-state index contributed by atoms with van der Waals surface area (Å²) in [6.45, 7) is 2.31. The lowest BCUT2D eigenvalue weighted by Gasteiger charge is -2.19. The van der Waals surface area contributed by atoms with Crippen molar-refractivity contribution in [3.05, 3.63) is 44.1 Å². The maximum atomic E-state index is 13.0. The van der Waals surface area contributed by atoms with Gasteiger partial charge in [0.2, 0.25) is 0 Å². The van der Waals surface area contributed by atoms with Crippen LogP contribution >= 0.6 is 0 Å². The van der Waals surface area contributed by atoms with Crippen LogP contribution in [0.3, 0.4) is 0 Å². The molecule has 196 valence electrons. The van der Waals surface area contributed by atoms with Gasteiger partial charge in [-0.2, -0.15) is 0 Å². The third-order valence-electron chi connectivity index (χ3n) is 7.46. The van der Waals surface area contributed by atoms with Crippen LogP contribution in [0, 0.1) is 11.8 Å². The van der Waals surface area contributed by atoms with Gasteiger partial charge in [-0.1, -0.05) is 6.08 Å². The van der Waals surface area contributed by atoms with E-state index in [-0.39, 0.29) is 43.8 Å². The molecule has 2 aliphatic carbocycles. The predicted molar refractivity (Wildman–Crippen MR) is 123 cm³/mol. The maximum Gasteiger partial charge on any atom is 0.337 e. The van der Waals surface area contributed by atoms with E-state index >= 15 is 0 Å². The molecule has 2 saturated heterocycles. The third-order valence-corrected chi connectivity index (χ3v) is 7.46. The Bertz CT molecular complexity index is 1130. The third kappa shape index (κ3) is 5.39. The van der Waals surface area contributed by atoms with Gasteiger partial charge in [0.05, 0.1) is 44.2 Å². The summed E-state index contributed by atoms with van der Waals surface area (Å²) in [5, 5.41) is 0. The molecule has 5 rings (SSSR count). The van der Waals surface area contributed by atoms with E-state index in [2.05, 4.69) is 6.58 Å². The molecule has 1 aromatic heterocycles. The fraction of sp³-hybridized carbons (Fsp3) is 0.708. The van der Waals surface area contributed by atoms with Crippen LogP contribution in [0.4, 0.5) is 0 Å². The Kier molecular flexibility index (Phi) is 6.98. The molecular formula is C24H31N3O9. The number of carbonyl (C=O) groups excluding carboxylic acids is 2. The molecule has 6 atom stereocenters. The minimum absolute atomic E-state index is 0.164. The summed E-state index contributed by atoms with van der Waals surface area (Å²) < 4.78 is 23.5. The molecule has 0 N–H and O–H groups in total. The summed E-state index contributed by atoms with van der Waals surface area (Å²) in [5.74, 6) is -1.22. The minimum Gasteiger partial charge on any atom is -0.464 e. The summed E-state index contributed by atoms with van der Waals surface area (Å²) in [4.78, 5) is 63.6. The summed E-state index contributed by atoms with van der Waals surface area (Å²) in [6.07, 6.45) is 7.66. The van der Waals surface area contributed by atoms with Crippen molar-refractivity contribution in [3.8, 4) is 0 Å². The molecule has 1 aromatic rings. The van der Waals surface area contributed by atoms with Crippen LogP contribution in [0.15, 0.2) is 27.0 Å². The van der Waals surface area contributed by atoms with Crippen molar-refractivity contribution in [2.75, 3.05) is 13.2 Å². The van der Waals surface area contributed by atoms with E-state index in [1.807, 2.05) is 0 Å². The second kappa shape index (κ2) is 10.2. The van der Waals surface area contributed by atoms with Gasteiger partial charge in [0, 0.05) is 0 Å². The zero-order valence-electron chi connectivity index (χ0n) is 20.0. The van der Waals surface area contributed by atoms with Crippen molar-refractivity contribution in [3.63, 3.8) is 0 Å². The Labute approximate surface area is 206 Å². The van der Waals surface area contributed by atoms with Gasteiger partial charge in [-0.25, -0.2) is 28.1 Å². The quantitative estimate of drug-likeness (QED) is 0.235. The first kappa shape index (κ1) is 24.7. The molecule has 6 unspecified atom stereocenters. The SMILES string of the molecule is C=CCn1c(=O)n(CC(=O)OCC2CCC3OC3C2)c(=O)n(CC(=O)OCC2CCC3OC3C2)c1=O. The minimum atomic E-state index is -1.07. The van der Waals surface area contributed by atoms with Gasteiger partial charge >= 0.3 is 29.0 Å². The van der Waals surface area contributed by atoms with Crippen molar-refractivity contribution < 1.29 is 28.5 Å². The number of rotatable bonds is 10. The molecule has 0 amide bonds. The molecule has 4 fully saturated rings. The molecule has 2 saturated carbocycles. The molecule has 3 heterocycles. The lowest BCUT2D eigenvalue weighted by molar-refractivity contribution is -0.146. The number of carbonyl (C=O) groups is 2. The second-order valence-corrected chi connectivity index (χ2v) is 10.1. The Morgan fingerprint density at radius 2 is 1.19 bits per heavy atom. The number of fused-ring (bicyclic) bond motifs is 2. The van der Waals surface area contributed by atoms with Gasteiger partial charge in [-0.05, 0) is 50.4 Å². The molecular weight excluding hydrogens is 474 g/mol. The van der Waals surface area contributed by atoms with Gasteiger partial charge in [0.1, 0.15) is 13.1 Å². The zero-order valence-corrected chi connectivity index (χ0v) is 20.0. The fourth-order valence-corrected chi connectivity index (χ4v) is 5.29. The van der Waals surface area contributed by atoms with Crippen molar-refractivity contribution in [2.45, 2.75) is 82.6 Å². The van der Waals surface area contributed by atoms with Gasteiger partial charge in [-0.3, -0.25) is 9.59 Å². The van der Waals surface area contributed by atoms with Crippen molar-refractivity contribution >= 4 is 11.9 Å². The van der Waals surface area contributed by atoms with Crippen LogP contribution in [0.5, 0.6) is 0 Å². The summed E-state index contributed by atoms with van der Waals surface area (Å²) in [7, 11) is 0. The standard InChI is InChI=1S/C24H31N3O9/c1-2-7-25-22(30)26(10-20(28)33-12-14-3-5-16-18(8-14)35-16)24(32)27(23(25)31)11-21(29)34-13-15-4-6-17-19(9-15)36-17/h2,14-19H,1,3-13H2. The number of hydrogen-bond donors (Lipinski definition) is 0. The second-order valence-electron chi connectivity index (χ2n) is 10.1. The average molecular weight is 506 g/mol. The first-order valence-corrected chi connectivity index (χ1v) is 12.5. The largest absolute Gasteiger partial charge is 0.464 e. The fourth-order valence-electron chi connectivity index (χ4n) is 5.29. The molecule has 0 radical (unpaired) electrons. The molecule has 0 aromatic carbocycles. The van der Waals surface area contributed by atoms with Crippen molar-refractivity contribution in [1.82, 2.24) is 13.7 Å². The highest BCUT2D eigenvalue weighted by Gasteiger charge is 2.44. The highest BCUT2D eigenvalue weighted by molar-refractivity contribution is 5.69. The predicted octanol–water partition coefficient (Wildman–Crippen LogP) is -0.421. The van der Waals surface area contributed by atoms with E-state index in [4.69, 9.17) is 18.9 Å². The molecule has 4 aliphatic rings. The highest BCUT2D eigenvalue weighted by Crippen LogP contribution is 2.40. The molecule has 12 heteroatoms. The van der Waals surface area contributed by atoms with E-state index in [1.54, 1.807) is 0 Å². The Hall–Kier alpha value is -2.99. The average Bonchev–Trinajstić information content (AvgIpc) is 3.78. The summed E-state index contributed by atoms with van der Waals surface area (Å²) in [5.41, 5.74) is -3.02. The lowest BCUT2D eigenvalue weighted by atomic mass is 9.90. The normalized spacial score (nSPS) is 30.0. The monoisotopic (exact) mass is 505 g/mol. The molecule has 0 bridgehead atoms. The smallest absolute Gasteiger partial charge is 0.337 e. The topological polar surface area (TPSA) is 144 Å². The molecule has 12 nitrogen and oxygen atoms in total. The van der Waals surface area contributed by atoms with E-state index < -0.39 is 42.1 Å². The van der Waals surface area contributed by atoms with Gasteiger partial charge in [-0.15, -0.1) is 6.58 Å². The number of ether oxygens (including phenoxy) is 4. The van der Waals surface area contributed by atoms with Gasteiger partial charge < -0.3 is 18.9 Å². The van der Waals surface area contributed by atoms with E-state index in [0.717, 1.165) is 43.1 Å². The van der Waals surface area contributed by atoms with Crippen LogP contribution in [-0.2, 0) is 48.2 Å². The highest BCUT2D eigenvalue weighted by atomic mass is 16.6. The van der Waals surface area contributed by atoms with Crippen LogP contribution in [0.25, 0.3) is 0 Å². The van der Waals surface area contributed by atoms with Crippen LogP contribution in [-0.4, -0.2) is 63.3 Å². The number of epoxide rings is 2. The van der Waals surface area contributed by atoms with Gasteiger partial charge in [0.15, 0.2) is 0 Å². The Morgan fingerprint density at radius 3 is 1.61 bits per heavy atom.